The quantitative estimate of drug-likeness (QED) is 0.721. The summed E-state index contributed by atoms with van der Waals surface area (Å²) in [4.78, 5) is 14.0. The van der Waals surface area contributed by atoms with Crippen molar-refractivity contribution in [2.24, 2.45) is 0 Å². The van der Waals surface area contributed by atoms with Gasteiger partial charge >= 0.3 is 5.30 Å². The van der Waals surface area contributed by atoms with Crippen molar-refractivity contribution in [1.82, 2.24) is 4.98 Å². The van der Waals surface area contributed by atoms with Crippen LogP contribution in [-0.4, -0.2) is 15.4 Å². The lowest BCUT2D eigenvalue weighted by Crippen LogP contribution is -1.79. The maximum Gasteiger partial charge on any atom is 0.376 e. The van der Waals surface area contributed by atoms with Gasteiger partial charge in [-0.3, -0.25) is 0 Å². The Morgan fingerprint density at radius 2 is 2.36 bits per heavy atom. The molecule has 11 heavy (non-hydrogen) atoms. The molecular weight excluding hydrogens is 182 g/mol. The summed E-state index contributed by atoms with van der Waals surface area (Å²) in [5.41, 5.74) is 0. The van der Waals surface area contributed by atoms with Crippen molar-refractivity contribution in [3.8, 4) is 0 Å². The minimum absolute atomic E-state index is 0.708. The topological polar surface area (TPSA) is 50.2 Å². The van der Waals surface area contributed by atoms with Gasteiger partial charge in [0.05, 0.1) is 0 Å². The van der Waals surface area contributed by atoms with Gasteiger partial charge in [-0.25, -0.2) is 9.78 Å². The summed E-state index contributed by atoms with van der Waals surface area (Å²) < 4.78 is 0. The molecule has 0 atom stereocenters. The molecule has 0 radical (unpaired) electrons. The summed E-state index contributed by atoms with van der Waals surface area (Å²) >= 11 is 0. The number of carbonyl (C=O) groups is 1. The monoisotopic (exact) mass is 187 g/mol. The zero-order valence-electron chi connectivity index (χ0n) is 5.43. The van der Waals surface area contributed by atoms with Crippen molar-refractivity contribution in [2.45, 2.75) is 5.03 Å². The molecule has 0 aliphatic carbocycles. The second-order valence-corrected chi connectivity index (χ2v) is 3.70. The third kappa shape index (κ3) is 3.29. The van der Waals surface area contributed by atoms with Gasteiger partial charge in [0, 0.05) is 17.0 Å². The maximum absolute atomic E-state index is 10.1. The lowest BCUT2D eigenvalue weighted by molar-refractivity contribution is 0.222. The van der Waals surface area contributed by atoms with Gasteiger partial charge in [-0.1, -0.05) is 6.07 Å². The first-order chi connectivity index (χ1) is 5.29. The highest BCUT2D eigenvalue weighted by Gasteiger charge is 1.99. The molecule has 5 heteroatoms. The van der Waals surface area contributed by atoms with Crippen molar-refractivity contribution >= 4 is 26.9 Å². The van der Waals surface area contributed by atoms with E-state index in [1.165, 1.54) is 0 Å². The molecule has 0 spiro atoms. The number of carboxylic acid groups (broad SMARTS) is 1. The van der Waals surface area contributed by atoms with Crippen molar-refractivity contribution in [3.63, 3.8) is 0 Å². The van der Waals surface area contributed by atoms with Crippen LogP contribution in [0.25, 0.3) is 0 Å². The lowest BCUT2D eigenvalue weighted by Gasteiger charge is -1.92. The number of pyridine rings is 1. The van der Waals surface area contributed by atoms with Gasteiger partial charge in [0.15, 0.2) is 0 Å². The average Bonchev–Trinajstić information content (AvgIpc) is 2.03. The first-order valence-corrected chi connectivity index (χ1v) is 4.92. The van der Waals surface area contributed by atoms with Crippen molar-refractivity contribution in [2.75, 3.05) is 0 Å². The summed E-state index contributed by atoms with van der Waals surface area (Å²) in [5, 5.41) is 8.10. The van der Waals surface area contributed by atoms with Gasteiger partial charge in [0.2, 0.25) is 0 Å². The third-order valence-corrected chi connectivity index (χ3v) is 2.66. The lowest BCUT2D eigenvalue weighted by atomic mass is 10.5. The highest BCUT2D eigenvalue weighted by atomic mass is 33.1. The molecule has 1 aromatic heterocycles. The smallest absolute Gasteiger partial charge is 0.376 e. The Labute approximate surface area is 71.6 Å². The van der Waals surface area contributed by atoms with Gasteiger partial charge < -0.3 is 5.11 Å². The Morgan fingerprint density at radius 1 is 1.55 bits per heavy atom. The van der Waals surface area contributed by atoms with E-state index in [9.17, 15) is 4.79 Å². The fourth-order valence-corrected chi connectivity index (χ4v) is 1.64. The molecule has 1 aromatic rings. The molecule has 0 aromatic carbocycles. The molecule has 0 unspecified atom stereocenters. The second kappa shape index (κ2) is 4.25. The van der Waals surface area contributed by atoms with Crippen LogP contribution in [-0.2, 0) is 0 Å². The molecule has 0 bridgehead atoms. The van der Waals surface area contributed by atoms with Crippen molar-refractivity contribution in [1.29, 1.82) is 0 Å². The third-order valence-electron chi connectivity index (χ3n) is 0.836. The van der Waals surface area contributed by atoms with Crippen LogP contribution in [0.3, 0.4) is 0 Å². The van der Waals surface area contributed by atoms with Crippen LogP contribution in [0.1, 0.15) is 0 Å². The highest BCUT2D eigenvalue weighted by Crippen LogP contribution is 2.28. The van der Waals surface area contributed by atoms with Crippen LogP contribution < -0.4 is 0 Å². The predicted molar refractivity (Wildman–Crippen MR) is 45.7 cm³/mol. The van der Waals surface area contributed by atoms with E-state index in [-0.39, 0.29) is 0 Å². The normalized spacial score (nSPS) is 9.45. The van der Waals surface area contributed by atoms with E-state index in [0.717, 1.165) is 21.6 Å². The summed E-state index contributed by atoms with van der Waals surface area (Å²) in [6.07, 6.45) is 1.63. The summed E-state index contributed by atoms with van der Waals surface area (Å²) in [6, 6.07) is 5.37. The fourth-order valence-electron chi connectivity index (χ4n) is 0.475. The van der Waals surface area contributed by atoms with Crippen LogP contribution >= 0.6 is 21.6 Å². The molecule has 0 aliphatic rings. The standard InChI is InChI=1S/C6H5NO2S2/c8-6(9)11-10-5-3-1-2-4-7-5/h1-4H,(H,8,9). The van der Waals surface area contributed by atoms with Crippen LogP contribution in [0.5, 0.6) is 0 Å². The van der Waals surface area contributed by atoms with Crippen LogP contribution in [0.2, 0.25) is 0 Å². The molecule has 1 rings (SSSR count). The van der Waals surface area contributed by atoms with E-state index in [4.69, 9.17) is 5.11 Å². The van der Waals surface area contributed by atoms with E-state index in [1.54, 1.807) is 18.3 Å². The zero-order valence-corrected chi connectivity index (χ0v) is 7.06. The molecule has 0 aliphatic heterocycles. The SMILES string of the molecule is O=C(O)SSc1ccccn1. The van der Waals surface area contributed by atoms with Crippen LogP contribution in [0.15, 0.2) is 29.4 Å². The fraction of sp³-hybridized carbons (Fsp3) is 0. The number of aromatic nitrogens is 1. The summed E-state index contributed by atoms with van der Waals surface area (Å²) in [6.45, 7) is 0. The Hall–Kier alpha value is -0.680. The maximum atomic E-state index is 10.1. The second-order valence-electron chi connectivity index (χ2n) is 1.60. The van der Waals surface area contributed by atoms with Crippen molar-refractivity contribution < 1.29 is 9.90 Å². The van der Waals surface area contributed by atoms with E-state index in [2.05, 4.69) is 4.98 Å². The molecule has 1 N–H and O–H groups in total. The zero-order chi connectivity index (χ0) is 8.10. The Bertz CT molecular complexity index is 240. The number of rotatable bonds is 2. The van der Waals surface area contributed by atoms with Gasteiger partial charge in [-0.2, -0.15) is 0 Å². The van der Waals surface area contributed by atoms with Crippen LogP contribution in [0, 0.1) is 0 Å². The van der Waals surface area contributed by atoms with E-state index >= 15 is 0 Å². The number of hydrogen-bond acceptors (Lipinski definition) is 4. The average molecular weight is 187 g/mol. The van der Waals surface area contributed by atoms with E-state index < -0.39 is 5.30 Å². The minimum atomic E-state index is -0.902. The highest BCUT2D eigenvalue weighted by molar-refractivity contribution is 8.82. The van der Waals surface area contributed by atoms with Gasteiger partial charge in [0.25, 0.3) is 0 Å². The Balaban J connectivity index is 2.45. The Morgan fingerprint density at radius 3 is 2.91 bits per heavy atom. The van der Waals surface area contributed by atoms with Crippen LogP contribution in [0.4, 0.5) is 4.79 Å². The first-order valence-electron chi connectivity index (χ1n) is 2.77. The summed E-state index contributed by atoms with van der Waals surface area (Å²) in [5.74, 6) is 0. The molecule has 1 heterocycles. The Kier molecular flexibility index (Phi) is 3.25. The largest absolute Gasteiger partial charge is 0.473 e. The van der Waals surface area contributed by atoms with E-state index in [1.807, 2.05) is 6.07 Å². The molecular formula is C6H5NO2S2. The van der Waals surface area contributed by atoms with Gasteiger partial charge in [0.1, 0.15) is 5.03 Å². The molecule has 0 saturated heterocycles. The molecule has 58 valence electrons. The molecule has 0 amide bonds. The minimum Gasteiger partial charge on any atom is -0.473 e. The number of nitrogens with zero attached hydrogens (tertiary/aromatic N) is 1. The van der Waals surface area contributed by atoms with Gasteiger partial charge in [-0.15, -0.1) is 0 Å². The number of hydrogen-bond donors (Lipinski definition) is 1. The first kappa shape index (κ1) is 8.42. The summed E-state index contributed by atoms with van der Waals surface area (Å²) in [7, 11) is 1.89. The molecule has 3 nitrogen and oxygen atoms in total. The van der Waals surface area contributed by atoms with E-state index in [0.29, 0.717) is 5.03 Å². The van der Waals surface area contributed by atoms with Gasteiger partial charge in [-0.05, 0) is 22.9 Å². The molecule has 0 fully saturated rings. The molecule has 0 saturated carbocycles. The van der Waals surface area contributed by atoms with Crippen molar-refractivity contribution in [3.05, 3.63) is 24.4 Å². The predicted octanol–water partition coefficient (Wildman–Crippen LogP) is 2.50.